The molecule has 0 aromatic rings. The van der Waals surface area contributed by atoms with E-state index in [4.69, 9.17) is 13.3 Å². The lowest BCUT2D eigenvalue weighted by atomic mass is 10.0. The lowest BCUT2D eigenvalue weighted by molar-refractivity contribution is -0.929. The Balaban J connectivity index is 2.32. The number of hydrogen-bond acceptors (Lipinski definition) is 24. The highest BCUT2D eigenvalue weighted by molar-refractivity contribution is 7.87. The number of hydrogen-bond donors (Lipinski definition) is 9. The summed E-state index contributed by atoms with van der Waals surface area (Å²) in [7, 11) is -33.8. The molecule has 0 amide bonds. The van der Waals surface area contributed by atoms with E-state index < -0.39 is 141 Å². The third kappa shape index (κ3) is 58.0. The summed E-state index contributed by atoms with van der Waals surface area (Å²) >= 11 is 0. The van der Waals surface area contributed by atoms with Crippen LogP contribution in [0.5, 0.6) is 0 Å². The number of aliphatic hydroxyl groups excluding tert-OH is 3. The van der Waals surface area contributed by atoms with Gasteiger partial charge in [0.25, 0.3) is 60.7 Å². The van der Waals surface area contributed by atoms with E-state index in [0.29, 0.717) is 11.0 Å². The van der Waals surface area contributed by atoms with Crippen LogP contribution in [0.2, 0.25) is 6.04 Å². The van der Waals surface area contributed by atoms with Crippen LogP contribution in [0.3, 0.4) is 0 Å². The van der Waals surface area contributed by atoms with Crippen molar-refractivity contribution < 1.29 is 111 Å². The largest absolute Gasteiger partial charge is 0.502 e. The van der Waals surface area contributed by atoms with Crippen LogP contribution in [-0.4, -0.2) is 351 Å². The normalized spacial score (nSPS) is 18.7. The van der Waals surface area contributed by atoms with Gasteiger partial charge in [-0.05, 0) is 38.5 Å². The summed E-state index contributed by atoms with van der Waals surface area (Å²) in [5, 5.41) is 31.8. The molecule has 6 unspecified atom stereocenters. The minimum atomic E-state index is -5.11. The van der Waals surface area contributed by atoms with Gasteiger partial charge in [-0.3, -0.25) is 56.7 Å². The number of piperazine rings is 3. The molecule has 6 atom stereocenters. The van der Waals surface area contributed by atoms with E-state index in [2.05, 4.69) is 20.8 Å². The molecule has 0 aliphatic carbocycles. The Hall–Kier alpha value is -0.843. The quantitative estimate of drug-likeness (QED) is 0.0119. The number of aliphatic hydroxyl groups is 3. The first kappa shape index (κ1) is 106. The molecule has 3 saturated heterocycles. The molecule has 0 radical (unpaired) electrons. The van der Waals surface area contributed by atoms with E-state index in [-0.39, 0.29) is 130 Å². The monoisotopic (exact) mass is 1760 g/mol. The highest BCUT2D eigenvalue weighted by atomic mass is 32.2. The molecule has 3 fully saturated rings. The summed E-state index contributed by atoms with van der Waals surface area (Å²) in [6.07, 6.45) is 32.9. The first-order valence-electron chi connectivity index (χ1n) is 43.3. The average molecular weight is 1760 g/mol. The Morgan fingerprint density at radius 2 is 0.425 bits per heavy atom. The second kappa shape index (κ2) is 58.3. The number of quaternary nitrogens is 1. The highest BCUT2D eigenvalue weighted by Gasteiger charge is 2.51. The van der Waals surface area contributed by atoms with E-state index in [1.807, 2.05) is 0 Å². The summed E-state index contributed by atoms with van der Waals surface area (Å²) in [4.78, 5) is 10.6. The van der Waals surface area contributed by atoms with Gasteiger partial charge >= 0.3 is 8.80 Å². The molecule has 9 N–H and O–H groups in total. The van der Waals surface area contributed by atoms with Gasteiger partial charge in [0.15, 0.2) is 0 Å². The molecule has 674 valence electrons. The topological polar surface area (TPSA) is 434 Å². The minimum absolute atomic E-state index is 0.144. The van der Waals surface area contributed by atoms with Crippen LogP contribution in [0.25, 0.3) is 0 Å². The summed E-state index contributed by atoms with van der Waals surface area (Å²) in [5.74, 6) is -6.04. The zero-order valence-electron chi connectivity index (χ0n) is 69.4. The van der Waals surface area contributed by atoms with Gasteiger partial charge in [0, 0.05) is 130 Å². The molecule has 113 heavy (non-hydrogen) atoms. The van der Waals surface area contributed by atoms with E-state index in [9.17, 15) is 93.1 Å². The Morgan fingerprint density at radius 1 is 0.257 bits per heavy atom. The fourth-order valence-electron chi connectivity index (χ4n) is 16.4. The Kier molecular flexibility index (Phi) is 54.8. The van der Waals surface area contributed by atoms with Gasteiger partial charge in [0.1, 0.15) is 34.5 Å². The molecule has 3 heterocycles. The smallest absolute Gasteiger partial charge is 0.391 e. The van der Waals surface area contributed by atoms with Gasteiger partial charge in [0.2, 0.25) is 0 Å². The molecule has 3 aliphatic rings. The Morgan fingerprint density at radius 3 is 0.611 bits per heavy atom. The van der Waals surface area contributed by atoms with Crippen molar-refractivity contribution >= 4 is 69.5 Å². The van der Waals surface area contributed by atoms with Crippen LogP contribution >= 0.6 is 0 Å². The van der Waals surface area contributed by atoms with Crippen LogP contribution in [0.1, 0.15) is 258 Å². The van der Waals surface area contributed by atoms with E-state index in [1.54, 1.807) is 29.4 Å². The molecule has 3 rings (SSSR count). The van der Waals surface area contributed by atoms with Crippen LogP contribution in [0, 0.1) is 0 Å². The molecule has 0 bridgehead atoms. The Bertz CT molecular complexity index is 2840. The molecule has 3 aliphatic heterocycles. The van der Waals surface area contributed by atoms with Crippen LogP contribution < -0.4 is 0 Å². The molecule has 0 aromatic heterocycles. The van der Waals surface area contributed by atoms with Crippen molar-refractivity contribution in [3.8, 4) is 0 Å². The van der Waals surface area contributed by atoms with Crippen molar-refractivity contribution in [2.45, 2.75) is 301 Å². The number of unbranched alkanes of at least 4 members (excludes halogenated alkanes) is 33. The number of rotatable bonds is 73. The van der Waals surface area contributed by atoms with Crippen molar-refractivity contribution in [1.82, 2.24) is 29.4 Å². The van der Waals surface area contributed by atoms with E-state index in [1.165, 1.54) is 135 Å². The lowest BCUT2D eigenvalue weighted by Gasteiger charge is -2.44. The van der Waals surface area contributed by atoms with Gasteiger partial charge < -0.3 is 33.1 Å². The first-order chi connectivity index (χ1) is 53.3. The van der Waals surface area contributed by atoms with Crippen molar-refractivity contribution in [3.63, 3.8) is 0 Å². The van der Waals surface area contributed by atoms with Crippen LogP contribution in [0.4, 0.5) is 0 Å². The van der Waals surface area contributed by atoms with E-state index >= 15 is 0 Å². The first-order valence-corrected chi connectivity index (χ1v) is 54.8. The third-order valence-corrected chi connectivity index (χ3v) is 30.0. The molecular formula is C75H156N7O24S6Si+. The molecule has 0 aromatic carbocycles. The molecule has 38 heteroatoms. The number of β-amino-alcohol motifs (C(OH)–C–C–N with tert-alkyl or cyclic N) is 3. The predicted molar refractivity (Wildman–Crippen MR) is 448 cm³/mol. The summed E-state index contributed by atoms with van der Waals surface area (Å²) < 4.78 is 235. The summed E-state index contributed by atoms with van der Waals surface area (Å²) in [6.45, 7) is 10.5. The zero-order chi connectivity index (χ0) is 83.7. The van der Waals surface area contributed by atoms with Crippen LogP contribution in [-0.2, 0) is 74.0 Å². The standard InChI is InChI=1S/C75H155N7O24S6Si/c1-4-7-10-13-16-19-22-25-28-31-34-37-53-82(54-38-35-32-29-26-23-20-17-14-11-8-5-2,55-39-36-33-30-27-24-21-18-15-12-9-6-3)56-40-57-113(104-73(67-110(95,96)97)61-79-47-41-76(42-48-79)58-70(83)64-107(86,87)88,105-74(68-111(98,99)100)62-80-49-43-77(44-50-80)59-71(84)65-108(89,90)91)106-75(69-112(101,102)103)63-81-51-45-78(46-52-81)60-72(85)66-109(92,93)94/h70-75,83-85H,4-69H2,1-3H3,(H5-,86,87,88,89,90,91,92,93,94,95,96,97,98,99,100,101,102,103)/p+1. The van der Waals surface area contributed by atoms with Gasteiger partial charge in [-0.1, -0.05) is 213 Å². The van der Waals surface area contributed by atoms with Gasteiger partial charge in [-0.15, -0.1) is 0 Å². The lowest BCUT2D eigenvalue weighted by Crippen LogP contribution is -2.61. The molecule has 0 saturated carbocycles. The fraction of sp³-hybridized carbons (Fsp3) is 1.00. The maximum Gasteiger partial charge on any atom is 0.502 e. The minimum Gasteiger partial charge on any atom is -0.391 e. The number of nitrogens with zero attached hydrogens (tertiary/aromatic N) is 7. The second-order valence-corrected chi connectivity index (χ2v) is 44.7. The van der Waals surface area contributed by atoms with Crippen LogP contribution in [0.15, 0.2) is 0 Å². The summed E-state index contributed by atoms with van der Waals surface area (Å²) in [6, 6.07) is -0.216. The highest BCUT2D eigenvalue weighted by Crippen LogP contribution is 2.31. The third-order valence-electron chi connectivity index (χ3n) is 22.2. The van der Waals surface area contributed by atoms with Gasteiger partial charge in [-0.2, -0.15) is 50.5 Å². The predicted octanol–water partition coefficient (Wildman–Crippen LogP) is 8.65. The average Bonchev–Trinajstić information content (AvgIpc) is 0.799. The van der Waals surface area contributed by atoms with Crippen molar-refractivity contribution in [2.24, 2.45) is 0 Å². The molecule has 0 spiro atoms. The maximum absolute atomic E-state index is 13.6. The molecule has 31 nitrogen and oxygen atoms in total. The SMILES string of the molecule is CCCCCCCCCCCCCC[N+](CCCCCCCCCCCCCC)(CCCCCCCCCCCCCC)CCC[Si](OC(CN1CCN(CC(O)CS(=O)(=O)O)CC1)CS(=O)(=O)O)(OC(CN1CCN(CC(O)CS(=O)(=O)O)CC1)CS(=O)(=O)O)OC(CN1CCN(CC(O)CS(=O)(=O)O)CC1)CS(=O)(=O)O. The van der Waals surface area contributed by atoms with Crippen molar-refractivity contribution in [1.29, 1.82) is 0 Å². The Labute approximate surface area is 685 Å². The van der Waals surface area contributed by atoms with Gasteiger partial charge in [0.05, 0.1) is 62.8 Å². The maximum atomic E-state index is 13.6. The zero-order valence-corrected chi connectivity index (χ0v) is 75.3. The van der Waals surface area contributed by atoms with Crippen molar-refractivity contribution in [3.05, 3.63) is 0 Å². The molecular weight excluding hydrogens is 1600 g/mol. The van der Waals surface area contributed by atoms with Gasteiger partial charge in [-0.25, -0.2) is 0 Å². The van der Waals surface area contributed by atoms with E-state index in [0.717, 1.165) is 116 Å². The fourth-order valence-corrected chi connectivity index (χ4v) is 23.5. The summed E-state index contributed by atoms with van der Waals surface area (Å²) in [5.41, 5.74) is 0. The van der Waals surface area contributed by atoms with Crippen molar-refractivity contribution in [2.75, 3.05) is 179 Å². The second-order valence-electron chi connectivity index (χ2n) is 33.2.